The van der Waals surface area contributed by atoms with Crippen LogP contribution in [0, 0.1) is 12.8 Å². The zero-order chi connectivity index (χ0) is 20.6. The Hall–Kier alpha value is -1.88. The van der Waals surface area contributed by atoms with Crippen molar-refractivity contribution in [1.82, 2.24) is 15.5 Å². The molecule has 0 saturated heterocycles. The van der Waals surface area contributed by atoms with E-state index >= 15 is 0 Å². The molecule has 1 rings (SSSR count). The highest BCUT2D eigenvalue weighted by atomic mass is 16.2. The zero-order valence-corrected chi connectivity index (χ0v) is 18.0. The molecule has 152 valence electrons. The van der Waals surface area contributed by atoms with E-state index in [-0.39, 0.29) is 11.8 Å². The average Bonchev–Trinajstić information content (AvgIpc) is 2.57. The SMILES string of the molecule is Cc1ccccc1C(=O)NC(CC(C)C)C(=O)NCCN(C(C)C)C(C)C. The molecule has 1 unspecified atom stereocenters. The Morgan fingerprint density at radius 1 is 1.00 bits per heavy atom. The lowest BCUT2D eigenvalue weighted by Crippen LogP contribution is -2.50. The molecule has 2 N–H and O–H groups in total. The van der Waals surface area contributed by atoms with Crippen molar-refractivity contribution in [3.05, 3.63) is 35.4 Å². The van der Waals surface area contributed by atoms with Crippen LogP contribution < -0.4 is 10.6 Å². The van der Waals surface area contributed by atoms with Crippen LogP contribution in [0.1, 0.15) is 63.9 Å². The second-order valence-corrected chi connectivity index (χ2v) is 8.19. The number of hydrogen-bond acceptors (Lipinski definition) is 3. The number of nitrogens with one attached hydrogen (secondary N) is 2. The standard InChI is InChI=1S/C22H37N3O2/c1-15(2)14-20(24-21(26)19-11-9-8-10-18(19)7)22(27)23-12-13-25(16(3)4)17(5)6/h8-11,15-17,20H,12-14H2,1-7H3,(H,23,27)(H,24,26). The summed E-state index contributed by atoms with van der Waals surface area (Å²) >= 11 is 0. The summed E-state index contributed by atoms with van der Waals surface area (Å²) in [6.45, 7) is 16.0. The number of aryl methyl sites for hydroxylation is 1. The summed E-state index contributed by atoms with van der Waals surface area (Å²) in [6.07, 6.45) is 0.613. The Morgan fingerprint density at radius 3 is 2.11 bits per heavy atom. The monoisotopic (exact) mass is 375 g/mol. The van der Waals surface area contributed by atoms with Crippen LogP contribution in [0.4, 0.5) is 0 Å². The molecular weight excluding hydrogens is 338 g/mol. The van der Waals surface area contributed by atoms with Gasteiger partial charge in [0.15, 0.2) is 0 Å². The van der Waals surface area contributed by atoms with Crippen LogP contribution in [0.15, 0.2) is 24.3 Å². The molecule has 0 bridgehead atoms. The molecule has 0 radical (unpaired) electrons. The molecule has 0 aliphatic heterocycles. The van der Waals surface area contributed by atoms with Gasteiger partial charge in [0.1, 0.15) is 6.04 Å². The van der Waals surface area contributed by atoms with Gasteiger partial charge in [-0.3, -0.25) is 14.5 Å². The predicted molar refractivity (Wildman–Crippen MR) is 112 cm³/mol. The molecule has 0 heterocycles. The third-order valence-corrected chi connectivity index (χ3v) is 4.71. The van der Waals surface area contributed by atoms with E-state index in [4.69, 9.17) is 0 Å². The molecule has 0 fully saturated rings. The molecule has 0 aliphatic rings. The quantitative estimate of drug-likeness (QED) is 0.659. The van der Waals surface area contributed by atoms with Crippen molar-refractivity contribution >= 4 is 11.8 Å². The summed E-state index contributed by atoms with van der Waals surface area (Å²) in [5.74, 6) is -0.00118. The lowest BCUT2D eigenvalue weighted by Gasteiger charge is -2.30. The number of carbonyl (C=O) groups excluding carboxylic acids is 2. The van der Waals surface area contributed by atoms with E-state index in [2.05, 4.69) is 57.1 Å². The Bertz CT molecular complexity index is 603. The van der Waals surface area contributed by atoms with E-state index in [0.717, 1.165) is 12.1 Å². The molecule has 5 heteroatoms. The first kappa shape index (κ1) is 23.2. The number of benzene rings is 1. The van der Waals surface area contributed by atoms with Crippen molar-refractivity contribution in [1.29, 1.82) is 0 Å². The van der Waals surface area contributed by atoms with Gasteiger partial charge in [-0.2, -0.15) is 0 Å². The average molecular weight is 376 g/mol. The van der Waals surface area contributed by atoms with Gasteiger partial charge >= 0.3 is 0 Å². The van der Waals surface area contributed by atoms with Crippen LogP contribution in [0.3, 0.4) is 0 Å². The maximum absolute atomic E-state index is 12.7. The first-order chi connectivity index (χ1) is 12.6. The fourth-order valence-electron chi connectivity index (χ4n) is 3.31. The summed E-state index contributed by atoms with van der Waals surface area (Å²) in [5.41, 5.74) is 1.52. The first-order valence-electron chi connectivity index (χ1n) is 10.0. The zero-order valence-electron chi connectivity index (χ0n) is 18.0. The highest BCUT2D eigenvalue weighted by Crippen LogP contribution is 2.10. The molecule has 5 nitrogen and oxygen atoms in total. The minimum absolute atomic E-state index is 0.113. The smallest absolute Gasteiger partial charge is 0.252 e. The lowest BCUT2D eigenvalue weighted by atomic mass is 10.0. The van der Waals surface area contributed by atoms with Crippen molar-refractivity contribution in [3.63, 3.8) is 0 Å². The van der Waals surface area contributed by atoms with Crippen molar-refractivity contribution < 1.29 is 9.59 Å². The fraction of sp³-hybridized carbons (Fsp3) is 0.636. The highest BCUT2D eigenvalue weighted by Gasteiger charge is 2.23. The van der Waals surface area contributed by atoms with Gasteiger partial charge in [0.05, 0.1) is 0 Å². The molecule has 27 heavy (non-hydrogen) atoms. The predicted octanol–water partition coefficient (Wildman–Crippen LogP) is 3.37. The van der Waals surface area contributed by atoms with E-state index in [9.17, 15) is 9.59 Å². The van der Waals surface area contributed by atoms with E-state index in [1.54, 1.807) is 6.07 Å². The number of hydrogen-bond donors (Lipinski definition) is 2. The van der Waals surface area contributed by atoms with Gasteiger partial charge in [-0.15, -0.1) is 0 Å². The van der Waals surface area contributed by atoms with Crippen molar-refractivity contribution in [2.45, 2.75) is 73.0 Å². The maximum atomic E-state index is 12.7. The first-order valence-corrected chi connectivity index (χ1v) is 10.0. The molecular formula is C22H37N3O2. The Labute approximate surface area is 164 Å². The fourth-order valence-corrected chi connectivity index (χ4v) is 3.31. The minimum Gasteiger partial charge on any atom is -0.353 e. The van der Waals surface area contributed by atoms with Crippen LogP contribution in [-0.2, 0) is 4.79 Å². The van der Waals surface area contributed by atoms with Gasteiger partial charge in [-0.1, -0.05) is 32.0 Å². The molecule has 0 aliphatic carbocycles. The number of amides is 2. The van der Waals surface area contributed by atoms with Gasteiger partial charge in [-0.05, 0) is 58.6 Å². The second-order valence-electron chi connectivity index (χ2n) is 8.19. The van der Waals surface area contributed by atoms with Crippen LogP contribution in [0.2, 0.25) is 0 Å². The van der Waals surface area contributed by atoms with E-state index in [0.29, 0.717) is 36.5 Å². The summed E-state index contributed by atoms with van der Waals surface area (Å²) in [5, 5.41) is 5.93. The van der Waals surface area contributed by atoms with E-state index in [1.165, 1.54) is 0 Å². The lowest BCUT2D eigenvalue weighted by molar-refractivity contribution is -0.123. The summed E-state index contributed by atoms with van der Waals surface area (Å²) in [4.78, 5) is 27.7. The van der Waals surface area contributed by atoms with Crippen LogP contribution in [0.25, 0.3) is 0 Å². The highest BCUT2D eigenvalue weighted by molar-refractivity contribution is 5.98. The molecule has 2 amide bonds. The van der Waals surface area contributed by atoms with Crippen LogP contribution >= 0.6 is 0 Å². The summed E-state index contributed by atoms with van der Waals surface area (Å²) < 4.78 is 0. The minimum atomic E-state index is -0.524. The largest absolute Gasteiger partial charge is 0.353 e. The number of nitrogens with zero attached hydrogens (tertiary/aromatic N) is 1. The third kappa shape index (κ3) is 7.71. The maximum Gasteiger partial charge on any atom is 0.252 e. The Morgan fingerprint density at radius 2 is 1.59 bits per heavy atom. The summed E-state index contributed by atoms with van der Waals surface area (Å²) in [6, 6.07) is 7.76. The molecule has 1 aromatic rings. The van der Waals surface area contributed by atoms with Crippen molar-refractivity contribution in [2.24, 2.45) is 5.92 Å². The molecule has 0 aromatic heterocycles. The van der Waals surface area contributed by atoms with Gasteiger partial charge in [-0.25, -0.2) is 0 Å². The Balaban J connectivity index is 2.71. The number of rotatable bonds is 10. The number of carbonyl (C=O) groups is 2. The normalized spacial score (nSPS) is 12.7. The third-order valence-electron chi connectivity index (χ3n) is 4.71. The van der Waals surface area contributed by atoms with Gasteiger partial charge in [0, 0.05) is 30.7 Å². The molecule has 0 saturated carbocycles. The van der Waals surface area contributed by atoms with Crippen LogP contribution in [-0.4, -0.2) is 47.9 Å². The van der Waals surface area contributed by atoms with Gasteiger partial charge in [0.25, 0.3) is 5.91 Å². The van der Waals surface area contributed by atoms with Crippen LogP contribution in [0.5, 0.6) is 0 Å². The summed E-state index contributed by atoms with van der Waals surface area (Å²) in [7, 11) is 0. The van der Waals surface area contributed by atoms with Gasteiger partial charge < -0.3 is 10.6 Å². The van der Waals surface area contributed by atoms with E-state index < -0.39 is 6.04 Å². The topological polar surface area (TPSA) is 61.4 Å². The molecule has 0 spiro atoms. The molecule has 1 atom stereocenters. The van der Waals surface area contributed by atoms with E-state index in [1.807, 2.05) is 25.1 Å². The van der Waals surface area contributed by atoms with Crippen molar-refractivity contribution in [3.8, 4) is 0 Å². The Kier molecular flexibility index (Phi) is 9.50. The molecule has 1 aromatic carbocycles. The van der Waals surface area contributed by atoms with Gasteiger partial charge in [0.2, 0.25) is 5.91 Å². The van der Waals surface area contributed by atoms with Crippen molar-refractivity contribution in [2.75, 3.05) is 13.1 Å². The second kappa shape index (κ2) is 11.1.